The summed E-state index contributed by atoms with van der Waals surface area (Å²) in [6, 6.07) is 0.439. The van der Waals surface area contributed by atoms with E-state index in [-0.39, 0.29) is 12.0 Å². The summed E-state index contributed by atoms with van der Waals surface area (Å²) < 4.78 is 5.41. The van der Waals surface area contributed by atoms with Gasteiger partial charge < -0.3 is 20.3 Å². The Hall–Kier alpha value is -1.76. The third kappa shape index (κ3) is 11.1. The number of carbonyl (C=O) groups excluding carboxylic acids is 1. The molecule has 29 heavy (non-hydrogen) atoms. The number of rotatable bonds is 8. The first-order valence-electron chi connectivity index (χ1n) is 10.9. The number of nitrogens with one attached hydrogen (secondary N) is 2. The summed E-state index contributed by atoms with van der Waals surface area (Å²) in [6.45, 7) is 21.2. The fourth-order valence-corrected chi connectivity index (χ4v) is 3.32. The molecule has 0 spiro atoms. The molecular weight excluding hydrogens is 366 g/mol. The van der Waals surface area contributed by atoms with E-state index in [1.54, 1.807) is 11.9 Å². The lowest BCUT2D eigenvalue weighted by atomic mass is 10.0. The molecule has 1 rings (SSSR count). The number of piperidine rings is 1. The van der Waals surface area contributed by atoms with Gasteiger partial charge >= 0.3 is 6.09 Å². The Kier molecular flexibility index (Phi) is 10.5. The largest absolute Gasteiger partial charge is 0.444 e. The van der Waals surface area contributed by atoms with Crippen LogP contribution in [0.15, 0.2) is 17.1 Å². The van der Waals surface area contributed by atoms with E-state index in [1.807, 2.05) is 20.8 Å². The summed E-state index contributed by atoms with van der Waals surface area (Å²) in [4.78, 5) is 21.0. The van der Waals surface area contributed by atoms with E-state index in [0.29, 0.717) is 19.1 Å². The van der Waals surface area contributed by atoms with Gasteiger partial charge in [-0.25, -0.2) is 4.79 Å². The number of ether oxygens (including phenoxy) is 1. The summed E-state index contributed by atoms with van der Waals surface area (Å²) in [5.74, 6) is 1.10. The molecule has 0 aromatic carbocycles. The van der Waals surface area contributed by atoms with Crippen LogP contribution in [-0.2, 0) is 4.74 Å². The van der Waals surface area contributed by atoms with Crippen LogP contribution >= 0.6 is 0 Å². The van der Waals surface area contributed by atoms with Gasteiger partial charge in [0.2, 0.25) is 0 Å². The van der Waals surface area contributed by atoms with Crippen molar-refractivity contribution < 1.29 is 9.53 Å². The Morgan fingerprint density at radius 3 is 2.48 bits per heavy atom. The Balaban J connectivity index is 2.48. The van der Waals surface area contributed by atoms with Crippen LogP contribution in [0.5, 0.6) is 0 Å². The lowest BCUT2D eigenvalue weighted by molar-refractivity contribution is 0.0279. The third-order valence-electron chi connectivity index (χ3n) is 4.62. The maximum absolute atomic E-state index is 12.1. The van der Waals surface area contributed by atoms with Crippen molar-refractivity contribution in [3.05, 3.63) is 12.2 Å². The molecule has 1 saturated heterocycles. The van der Waals surface area contributed by atoms with Crippen molar-refractivity contribution in [1.82, 2.24) is 20.4 Å². The van der Waals surface area contributed by atoms with Gasteiger partial charge in [0.15, 0.2) is 5.96 Å². The fraction of sp³-hybridized carbons (Fsp3) is 0.818. The SMILES string of the molecule is C=C(C)CN1CCC(NC(=NCC(C)CN(C)C(=O)OC(C)(C)C)NCC)CC1. The molecule has 1 unspecified atom stereocenters. The molecule has 1 fully saturated rings. The standard InChI is InChI=1S/C22H43N5O2/c1-9-23-20(25-19-10-12-27(13-11-19)15-17(2)3)24-14-18(4)16-26(8)21(28)29-22(5,6)7/h18-19H,2,9-16H2,1,3-8H3,(H2,23,24,25). The van der Waals surface area contributed by atoms with E-state index in [0.717, 1.165) is 45.0 Å². The number of nitrogens with zero attached hydrogens (tertiary/aromatic N) is 3. The summed E-state index contributed by atoms with van der Waals surface area (Å²) in [7, 11) is 1.77. The molecular formula is C22H43N5O2. The van der Waals surface area contributed by atoms with E-state index in [4.69, 9.17) is 9.73 Å². The zero-order valence-electron chi connectivity index (χ0n) is 19.7. The highest BCUT2D eigenvalue weighted by Crippen LogP contribution is 2.12. The molecule has 7 nitrogen and oxygen atoms in total. The smallest absolute Gasteiger partial charge is 0.410 e. The van der Waals surface area contributed by atoms with Crippen LogP contribution in [-0.4, -0.2) is 79.8 Å². The Bertz CT molecular complexity index is 548. The zero-order chi connectivity index (χ0) is 22.0. The van der Waals surface area contributed by atoms with E-state index < -0.39 is 5.60 Å². The van der Waals surface area contributed by atoms with Crippen LogP contribution in [0, 0.1) is 5.92 Å². The summed E-state index contributed by atoms with van der Waals surface area (Å²) in [5.41, 5.74) is 0.742. The number of hydrogen-bond acceptors (Lipinski definition) is 4. The Morgan fingerprint density at radius 1 is 1.34 bits per heavy atom. The predicted molar refractivity (Wildman–Crippen MR) is 121 cm³/mol. The Morgan fingerprint density at radius 2 is 1.97 bits per heavy atom. The second-order valence-corrected chi connectivity index (χ2v) is 9.34. The average molecular weight is 410 g/mol. The summed E-state index contributed by atoms with van der Waals surface area (Å²) in [6.07, 6.45) is 1.92. The van der Waals surface area contributed by atoms with Crippen molar-refractivity contribution in [1.29, 1.82) is 0 Å². The van der Waals surface area contributed by atoms with Gasteiger partial charge in [-0.1, -0.05) is 19.1 Å². The minimum absolute atomic E-state index is 0.236. The number of likely N-dealkylation sites (tertiary alicyclic amines) is 1. The van der Waals surface area contributed by atoms with Crippen LogP contribution in [0.3, 0.4) is 0 Å². The number of carbonyl (C=O) groups is 1. The second-order valence-electron chi connectivity index (χ2n) is 9.34. The van der Waals surface area contributed by atoms with Gasteiger partial charge in [0, 0.05) is 52.4 Å². The third-order valence-corrected chi connectivity index (χ3v) is 4.62. The molecule has 0 saturated carbocycles. The van der Waals surface area contributed by atoms with Crippen molar-refractivity contribution in [3.63, 3.8) is 0 Å². The van der Waals surface area contributed by atoms with Crippen LogP contribution in [0.25, 0.3) is 0 Å². The molecule has 7 heteroatoms. The van der Waals surface area contributed by atoms with Crippen molar-refractivity contribution >= 4 is 12.1 Å². The molecule has 1 atom stereocenters. The molecule has 0 radical (unpaired) electrons. The monoisotopic (exact) mass is 409 g/mol. The van der Waals surface area contributed by atoms with Crippen molar-refractivity contribution in [3.8, 4) is 0 Å². The first-order chi connectivity index (χ1) is 13.5. The van der Waals surface area contributed by atoms with Gasteiger partial charge in [0.05, 0.1) is 0 Å². The summed E-state index contributed by atoms with van der Waals surface area (Å²) in [5, 5.41) is 6.92. The van der Waals surface area contributed by atoms with E-state index in [9.17, 15) is 4.79 Å². The predicted octanol–water partition coefficient (Wildman–Crippen LogP) is 3.09. The first kappa shape index (κ1) is 25.3. The number of guanidine groups is 1. The molecule has 1 aliphatic rings. The first-order valence-corrected chi connectivity index (χ1v) is 10.9. The number of hydrogen-bond donors (Lipinski definition) is 2. The fourth-order valence-electron chi connectivity index (χ4n) is 3.32. The molecule has 1 aliphatic heterocycles. The lowest BCUT2D eigenvalue weighted by Gasteiger charge is -2.33. The topological polar surface area (TPSA) is 69.2 Å². The summed E-state index contributed by atoms with van der Waals surface area (Å²) >= 11 is 0. The lowest BCUT2D eigenvalue weighted by Crippen LogP contribution is -2.49. The minimum atomic E-state index is -0.477. The van der Waals surface area contributed by atoms with Gasteiger partial charge in [0.1, 0.15) is 5.60 Å². The van der Waals surface area contributed by atoms with Gasteiger partial charge in [-0.2, -0.15) is 0 Å². The van der Waals surface area contributed by atoms with Crippen LogP contribution in [0.1, 0.15) is 54.4 Å². The van der Waals surface area contributed by atoms with Gasteiger partial charge in [-0.3, -0.25) is 9.89 Å². The molecule has 0 aromatic heterocycles. The maximum Gasteiger partial charge on any atom is 0.410 e. The van der Waals surface area contributed by atoms with Crippen molar-refractivity contribution in [2.75, 3.05) is 46.3 Å². The quantitative estimate of drug-likeness (QED) is 0.366. The Labute approximate surface area is 177 Å². The van der Waals surface area contributed by atoms with Crippen LogP contribution in [0.4, 0.5) is 4.79 Å². The number of amides is 1. The van der Waals surface area contributed by atoms with Crippen molar-refractivity contribution in [2.45, 2.75) is 66.0 Å². The number of aliphatic imine (C=N–C) groups is 1. The van der Waals surface area contributed by atoms with Gasteiger partial charge in [-0.15, -0.1) is 0 Å². The highest BCUT2D eigenvalue weighted by Gasteiger charge is 2.22. The molecule has 1 amide bonds. The molecule has 0 aliphatic carbocycles. The van der Waals surface area contributed by atoms with Gasteiger partial charge in [-0.05, 0) is 53.4 Å². The highest BCUT2D eigenvalue weighted by atomic mass is 16.6. The second kappa shape index (κ2) is 12.1. The molecule has 2 N–H and O–H groups in total. The normalized spacial score (nSPS) is 17.6. The molecule has 0 bridgehead atoms. The molecule has 1 heterocycles. The average Bonchev–Trinajstić information content (AvgIpc) is 2.59. The van der Waals surface area contributed by atoms with E-state index in [1.165, 1.54) is 5.57 Å². The maximum atomic E-state index is 12.1. The van der Waals surface area contributed by atoms with E-state index in [2.05, 4.69) is 42.9 Å². The highest BCUT2D eigenvalue weighted by molar-refractivity contribution is 5.80. The molecule has 168 valence electrons. The minimum Gasteiger partial charge on any atom is -0.444 e. The van der Waals surface area contributed by atoms with Gasteiger partial charge in [0.25, 0.3) is 0 Å². The van der Waals surface area contributed by atoms with Crippen LogP contribution in [0.2, 0.25) is 0 Å². The van der Waals surface area contributed by atoms with E-state index >= 15 is 0 Å². The molecule has 0 aromatic rings. The zero-order valence-corrected chi connectivity index (χ0v) is 19.7. The van der Waals surface area contributed by atoms with Crippen LogP contribution < -0.4 is 10.6 Å². The van der Waals surface area contributed by atoms with Crippen molar-refractivity contribution in [2.24, 2.45) is 10.9 Å².